The Morgan fingerprint density at radius 2 is 2.14 bits per heavy atom. The van der Waals surface area contributed by atoms with E-state index in [1.165, 1.54) is 6.42 Å². The second-order valence-electron chi connectivity index (χ2n) is 5.11. The fourth-order valence-corrected chi connectivity index (χ4v) is 2.95. The molecule has 0 radical (unpaired) electrons. The average molecular weight is 312 g/mol. The predicted molar refractivity (Wildman–Crippen MR) is 79.1 cm³/mol. The average Bonchev–Trinajstić information content (AvgIpc) is 2.67. The van der Waals surface area contributed by atoms with E-state index in [4.69, 9.17) is 5.11 Å². The molecule has 7 nitrogen and oxygen atoms in total. The van der Waals surface area contributed by atoms with Crippen LogP contribution in [0.5, 0.6) is 0 Å². The molecule has 1 aromatic rings. The number of hydrogen-bond acceptors (Lipinski definition) is 5. The minimum Gasteiger partial charge on any atom is -0.481 e. The highest BCUT2D eigenvalue weighted by molar-refractivity contribution is 8.00. The summed E-state index contributed by atoms with van der Waals surface area (Å²) in [6, 6.07) is -0.220. The summed E-state index contributed by atoms with van der Waals surface area (Å²) in [4.78, 5) is 22.2. The number of aliphatic carboxylic acids is 1. The van der Waals surface area contributed by atoms with Crippen molar-refractivity contribution in [1.29, 1.82) is 0 Å². The maximum absolute atomic E-state index is 11.8. The zero-order chi connectivity index (χ0) is 15.2. The smallest absolute Gasteiger partial charge is 0.313 e. The molecule has 1 aromatic heterocycles. The second-order valence-corrected chi connectivity index (χ2v) is 6.10. The molecule has 0 spiro atoms. The third-order valence-corrected chi connectivity index (χ3v) is 4.28. The molecule has 0 bridgehead atoms. The molecular formula is C13H20N4O3S. The summed E-state index contributed by atoms with van der Waals surface area (Å²) >= 11 is 1.09. The van der Waals surface area contributed by atoms with Crippen LogP contribution in [0, 0.1) is 0 Å². The standard InChI is InChI=1S/C13H20N4O3S/c1-9(14-11(18)7-21-8-12(19)20)13-16-15-10-5-3-2-4-6-17(10)13/h9H,2-8H2,1H3,(H,14,18)(H,19,20). The molecule has 1 atom stereocenters. The van der Waals surface area contributed by atoms with Crippen LogP contribution in [0.2, 0.25) is 0 Å². The molecule has 0 saturated carbocycles. The minimum absolute atomic E-state index is 0.0673. The summed E-state index contributed by atoms with van der Waals surface area (Å²) in [6.07, 6.45) is 4.36. The van der Waals surface area contributed by atoms with Crippen molar-refractivity contribution < 1.29 is 14.7 Å². The SMILES string of the molecule is CC(NC(=O)CSCC(=O)O)c1nnc2n1CCCCC2. The van der Waals surface area contributed by atoms with E-state index >= 15 is 0 Å². The molecule has 1 aliphatic rings. The monoisotopic (exact) mass is 312 g/mol. The molecule has 1 amide bonds. The van der Waals surface area contributed by atoms with Crippen molar-refractivity contribution in [3.63, 3.8) is 0 Å². The van der Waals surface area contributed by atoms with Crippen LogP contribution in [0.3, 0.4) is 0 Å². The molecule has 1 unspecified atom stereocenters. The van der Waals surface area contributed by atoms with E-state index in [9.17, 15) is 9.59 Å². The molecule has 21 heavy (non-hydrogen) atoms. The second kappa shape index (κ2) is 7.44. The fraction of sp³-hybridized carbons (Fsp3) is 0.692. The van der Waals surface area contributed by atoms with Gasteiger partial charge >= 0.3 is 5.97 Å². The van der Waals surface area contributed by atoms with Gasteiger partial charge in [0.1, 0.15) is 5.82 Å². The van der Waals surface area contributed by atoms with Crippen LogP contribution in [0.4, 0.5) is 0 Å². The van der Waals surface area contributed by atoms with E-state index in [0.717, 1.165) is 49.2 Å². The van der Waals surface area contributed by atoms with Gasteiger partial charge in [0.25, 0.3) is 0 Å². The Labute approximate surface area is 127 Å². The third-order valence-electron chi connectivity index (χ3n) is 3.36. The number of nitrogens with zero attached hydrogens (tertiary/aromatic N) is 3. The molecule has 2 N–H and O–H groups in total. The number of carboxylic acid groups (broad SMARTS) is 1. The van der Waals surface area contributed by atoms with E-state index in [0.29, 0.717) is 0 Å². The number of aromatic nitrogens is 3. The molecule has 116 valence electrons. The summed E-state index contributed by atoms with van der Waals surface area (Å²) in [5.41, 5.74) is 0. The lowest BCUT2D eigenvalue weighted by atomic mass is 10.2. The number of hydrogen-bond donors (Lipinski definition) is 2. The first-order chi connectivity index (χ1) is 10.1. The van der Waals surface area contributed by atoms with Gasteiger partial charge in [-0.2, -0.15) is 0 Å². The highest BCUT2D eigenvalue weighted by Gasteiger charge is 2.20. The molecule has 1 aliphatic heterocycles. The van der Waals surface area contributed by atoms with Crippen molar-refractivity contribution in [2.45, 2.75) is 45.2 Å². The number of fused-ring (bicyclic) bond motifs is 1. The molecule has 2 rings (SSSR count). The van der Waals surface area contributed by atoms with Crippen molar-refractivity contribution >= 4 is 23.6 Å². The largest absolute Gasteiger partial charge is 0.481 e. The van der Waals surface area contributed by atoms with Gasteiger partial charge in [-0.1, -0.05) is 6.42 Å². The highest BCUT2D eigenvalue weighted by Crippen LogP contribution is 2.18. The molecule has 0 saturated heterocycles. The van der Waals surface area contributed by atoms with E-state index in [2.05, 4.69) is 20.1 Å². The Balaban J connectivity index is 1.91. The number of amides is 1. The first-order valence-corrected chi connectivity index (χ1v) is 8.24. The van der Waals surface area contributed by atoms with Gasteiger partial charge in [0.05, 0.1) is 17.5 Å². The fourth-order valence-electron chi connectivity index (χ4n) is 2.41. The van der Waals surface area contributed by atoms with Crippen LogP contribution in [0.25, 0.3) is 0 Å². The molecule has 8 heteroatoms. The van der Waals surface area contributed by atoms with Crippen LogP contribution in [0.15, 0.2) is 0 Å². The van der Waals surface area contributed by atoms with Crippen LogP contribution >= 0.6 is 11.8 Å². The number of thioether (sulfide) groups is 1. The Bertz CT molecular complexity index is 518. The van der Waals surface area contributed by atoms with Crippen LogP contribution in [-0.4, -0.2) is 43.3 Å². The van der Waals surface area contributed by atoms with Crippen LogP contribution < -0.4 is 5.32 Å². The number of aryl methyl sites for hydroxylation is 1. The van der Waals surface area contributed by atoms with Gasteiger partial charge in [-0.15, -0.1) is 22.0 Å². The molecule has 2 heterocycles. The van der Waals surface area contributed by atoms with Gasteiger partial charge in [-0.25, -0.2) is 0 Å². The van der Waals surface area contributed by atoms with Crippen molar-refractivity contribution in [1.82, 2.24) is 20.1 Å². The maximum atomic E-state index is 11.8. The number of carbonyl (C=O) groups excluding carboxylic acids is 1. The Morgan fingerprint density at radius 3 is 2.90 bits per heavy atom. The number of carbonyl (C=O) groups is 2. The van der Waals surface area contributed by atoms with Crippen LogP contribution in [-0.2, 0) is 22.6 Å². The van der Waals surface area contributed by atoms with E-state index in [1.807, 2.05) is 6.92 Å². The normalized spacial score (nSPS) is 15.9. The zero-order valence-electron chi connectivity index (χ0n) is 12.0. The zero-order valence-corrected chi connectivity index (χ0v) is 12.9. The summed E-state index contributed by atoms with van der Waals surface area (Å²) in [5.74, 6) is 0.746. The maximum Gasteiger partial charge on any atom is 0.313 e. The van der Waals surface area contributed by atoms with Crippen molar-refractivity contribution in [3.05, 3.63) is 11.6 Å². The Hall–Kier alpha value is -1.57. The van der Waals surface area contributed by atoms with Gasteiger partial charge in [-0.3, -0.25) is 9.59 Å². The third kappa shape index (κ3) is 4.45. The predicted octanol–water partition coefficient (Wildman–Crippen LogP) is 0.999. The van der Waals surface area contributed by atoms with Crippen molar-refractivity contribution in [2.75, 3.05) is 11.5 Å². The van der Waals surface area contributed by atoms with E-state index in [1.54, 1.807) is 0 Å². The van der Waals surface area contributed by atoms with Gasteiger partial charge in [-0.05, 0) is 19.8 Å². The molecular weight excluding hydrogens is 292 g/mol. The molecule has 0 fully saturated rings. The van der Waals surface area contributed by atoms with E-state index < -0.39 is 5.97 Å². The van der Waals surface area contributed by atoms with Gasteiger partial charge in [0.15, 0.2) is 5.82 Å². The summed E-state index contributed by atoms with van der Waals surface area (Å²) in [7, 11) is 0. The lowest BCUT2D eigenvalue weighted by molar-refractivity contribution is -0.133. The minimum atomic E-state index is -0.913. The number of nitrogens with one attached hydrogen (secondary N) is 1. The number of rotatable bonds is 6. The first-order valence-electron chi connectivity index (χ1n) is 7.09. The van der Waals surface area contributed by atoms with Crippen molar-refractivity contribution in [2.24, 2.45) is 0 Å². The molecule has 0 aromatic carbocycles. The lowest BCUT2D eigenvalue weighted by Crippen LogP contribution is -2.30. The van der Waals surface area contributed by atoms with Crippen molar-refractivity contribution in [3.8, 4) is 0 Å². The van der Waals surface area contributed by atoms with Gasteiger partial charge in [0, 0.05) is 13.0 Å². The lowest BCUT2D eigenvalue weighted by Gasteiger charge is -2.15. The molecule has 0 aliphatic carbocycles. The van der Waals surface area contributed by atoms with E-state index in [-0.39, 0.29) is 23.5 Å². The van der Waals surface area contributed by atoms with Crippen LogP contribution in [0.1, 0.15) is 43.9 Å². The number of carboxylic acids is 1. The Morgan fingerprint density at radius 1 is 1.33 bits per heavy atom. The quantitative estimate of drug-likeness (QED) is 0.813. The van der Waals surface area contributed by atoms with Gasteiger partial charge in [0.2, 0.25) is 5.91 Å². The Kier molecular flexibility index (Phi) is 5.60. The first kappa shape index (κ1) is 15.8. The van der Waals surface area contributed by atoms with Gasteiger partial charge < -0.3 is 15.0 Å². The topological polar surface area (TPSA) is 97.1 Å². The summed E-state index contributed by atoms with van der Waals surface area (Å²) in [6.45, 7) is 2.77. The summed E-state index contributed by atoms with van der Waals surface area (Å²) < 4.78 is 2.10. The summed E-state index contributed by atoms with van der Waals surface area (Å²) in [5, 5.41) is 19.8. The highest BCUT2D eigenvalue weighted by atomic mass is 32.2.